The number of ether oxygens (including phenoxy) is 2. The van der Waals surface area contributed by atoms with Crippen molar-refractivity contribution in [1.29, 1.82) is 0 Å². The number of nitrogens with zero attached hydrogens (tertiary/aromatic N) is 1. The van der Waals surface area contributed by atoms with Crippen molar-refractivity contribution >= 4 is 41.1 Å². The highest BCUT2D eigenvalue weighted by Gasteiger charge is 2.51. The zero-order valence-electron chi connectivity index (χ0n) is 25.4. The van der Waals surface area contributed by atoms with Gasteiger partial charge in [0.25, 0.3) is 5.91 Å². The Hall–Kier alpha value is -6.11. The largest absolute Gasteiger partial charge is 0.511 e. The fourth-order valence-corrected chi connectivity index (χ4v) is 6.67. The van der Waals surface area contributed by atoms with Crippen LogP contribution < -0.4 is 16.2 Å². The van der Waals surface area contributed by atoms with Crippen LogP contribution in [-0.4, -0.2) is 45.0 Å². The van der Waals surface area contributed by atoms with E-state index in [-0.39, 0.29) is 54.9 Å². The van der Waals surface area contributed by atoms with E-state index in [0.29, 0.717) is 11.1 Å². The number of aromatic hydroxyl groups is 1. The third-order valence-corrected chi connectivity index (χ3v) is 8.79. The number of anilines is 1. The summed E-state index contributed by atoms with van der Waals surface area (Å²) in [7, 11) is 0. The number of amides is 3. The first-order valence-electron chi connectivity index (χ1n) is 15.1. The van der Waals surface area contributed by atoms with E-state index >= 15 is 0 Å². The number of phenolic OH excluding ortho intramolecular Hbond substituents is 1. The van der Waals surface area contributed by atoms with Crippen molar-refractivity contribution in [2.24, 2.45) is 23.5 Å². The highest BCUT2D eigenvalue weighted by molar-refractivity contribution is 6.21. The molecule has 246 valence electrons. The van der Waals surface area contributed by atoms with Crippen LogP contribution in [0.2, 0.25) is 0 Å². The van der Waals surface area contributed by atoms with Gasteiger partial charge in [-0.1, -0.05) is 60.7 Å². The second-order valence-electron chi connectivity index (χ2n) is 11.8. The van der Waals surface area contributed by atoms with Gasteiger partial charge in [0, 0.05) is 12.0 Å². The summed E-state index contributed by atoms with van der Waals surface area (Å²) in [5.74, 6) is -7.01. The number of nitrogens with one attached hydrogen (secondary N) is 1. The first-order chi connectivity index (χ1) is 23.0. The van der Waals surface area contributed by atoms with Crippen molar-refractivity contribution in [3.63, 3.8) is 0 Å². The smallest absolute Gasteiger partial charge is 0.433 e. The van der Waals surface area contributed by atoms with Crippen LogP contribution in [0.15, 0.2) is 89.7 Å². The molecule has 0 saturated heterocycles. The maximum atomic E-state index is 13.8. The van der Waals surface area contributed by atoms with Gasteiger partial charge in [0.05, 0.1) is 17.2 Å². The quantitative estimate of drug-likeness (QED) is 0.188. The van der Waals surface area contributed by atoms with Gasteiger partial charge in [0.1, 0.15) is 36.1 Å². The van der Waals surface area contributed by atoms with Crippen molar-refractivity contribution in [3.05, 3.63) is 112 Å². The van der Waals surface area contributed by atoms with Crippen LogP contribution in [0.3, 0.4) is 0 Å². The number of phenols is 1. The van der Waals surface area contributed by atoms with E-state index < -0.39 is 70.3 Å². The number of ketones is 2. The number of benzene rings is 3. The van der Waals surface area contributed by atoms with Crippen LogP contribution in [0.5, 0.6) is 5.75 Å². The third-order valence-electron chi connectivity index (χ3n) is 8.79. The van der Waals surface area contributed by atoms with Gasteiger partial charge in [0.15, 0.2) is 11.6 Å². The van der Waals surface area contributed by atoms with E-state index in [2.05, 4.69) is 5.43 Å². The number of hydrogen-bond donors (Lipinski definition) is 5. The lowest BCUT2D eigenvalue weighted by molar-refractivity contribution is -0.127. The highest BCUT2D eigenvalue weighted by atomic mass is 16.6. The standard InChI is InChI=1S/C35H31N3O10/c36-33(44)29-25(40)15-21-13-20-14-22-23(11-12-24(39)28(22)31(42)26(20)30(41)27(21)32(29)43)38(35(46)48-17-19-9-5-2-6-10-19)37-34(45)47-16-18-7-3-1-4-8-18/h1-12,20-21,27,39,42-43H,13-17H2,(H2,36,44)(H,37,45). The number of fused-ring (bicyclic) bond motifs is 3. The number of hydrogen-bond acceptors (Lipinski definition) is 10. The van der Waals surface area contributed by atoms with E-state index in [0.717, 1.165) is 5.01 Å². The van der Waals surface area contributed by atoms with Gasteiger partial charge in [0.2, 0.25) is 0 Å². The van der Waals surface area contributed by atoms with E-state index in [1.54, 1.807) is 60.7 Å². The molecule has 1 saturated carbocycles. The Morgan fingerprint density at radius 2 is 1.48 bits per heavy atom. The van der Waals surface area contributed by atoms with E-state index in [1.165, 1.54) is 12.1 Å². The van der Waals surface area contributed by atoms with Crippen molar-refractivity contribution in [1.82, 2.24) is 5.43 Å². The summed E-state index contributed by atoms with van der Waals surface area (Å²) in [6.45, 7) is -0.255. The maximum absolute atomic E-state index is 13.8. The number of primary amides is 1. The predicted octanol–water partition coefficient (Wildman–Crippen LogP) is 4.29. The van der Waals surface area contributed by atoms with Crippen LogP contribution in [0, 0.1) is 17.8 Å². The molecule has 48 heavy (non-hydrogen) atoms. The first-order valence-corrected chi connectivity index (χ1v) is 15.1. The number of allylic oxidation sites excluding steroid dienone is 2. The number of carbonyl (C=O) groups excluding carboxylic acids is 5. The average Bonchev–Trinajstić information content (AvgIpc) is 3.06. The van der Waals surface area contributed by atoms with Crippen molar-refractivity contribution in [2.75, 3.05) is 5.01 Å². The number of rotatable bonds is 6. The topological polar surface area (TPSA) is 206 Å². The molecule has 6 N–H and O–H groups in total. The minimum absolute atomic E-state index is 0.0159. The predicted molar refractivity (Wildman–Crippen MR) is 169 cm³/mol. The van der Waals surface area contributed by atoms with Gasteiger partial charge in [-0.05, 0) is 53.5 Å². The van der Waals surface area contributed by atoms with Crippen molar-refractivity contribution in [2.45, 2.75) is 32.5 Å². The van der Waals surface area contributed by atoms with Gasteiger partial charge in [-0.15, -0.1) is 0 Å². The molecule has 1 fully saturated rings. The molecule has 0 aliphatic heterocycles. The molecule has 0 heterocycles. The molecular formula is C35H31N3O10. The molecule has 0 bridgehead atoms. The van der Waals surface area contributed by atoms with Crippen LogP contribution in [-0.2, 0) is 43.5 Å². The normalized spacial score (nSPS) is 19.9. The van der Waals surface area contributed by atoms with E-state index in [4.69, 9.17) is 15.2 Å². The molecule has 3 aromatic rings. The lowest BCUT2D eigenvalue weighted by Gasteiger charge is -2.41. The zero-order chi connectivity index (χ0) is 34.1. The van der Waals surface area contributed by atoms with Crippen molar-refractivity contribution in [3.8, 4) is 5.75 Å². The lowest BCUT2D eigenvalue weighted by atomic mass is 9.61. The number of hydrazine groups is 1. The number of aliphatic hydroxyl groups is 2. The summed E-state index contributed by atoms with van der Waals surface area (Å²) in [6.07, 6.45) is -2.12. The average molecular weight is 654 g/mol. The Balaban J connectivity index is 1.36. The number of aliphatic hydroxyl groups excluding tert-OH is 2. The van der Waals surface area contributed by atoms with Crippen LogP contribution in [0.1, 0.15) is 35.1 Å². The van der Waals surface area contributed by atoms with Gasteiger partial charge < -0.3 is 30.5 Å². The fourth-order valence-electron chi connectivity index (χ4n) is 6.67. The summed E-state index contributed by atoms with van der Waals surface area (Å²) < 4.78 is 10.9. The maximum Gasteiger partial charge on any atom is 0.433 e. The summed E-state index contributed by atoms with van der Waals surface area (Å²) >= 11 is 0. The Bertz CT molecular complexity index is 1890. The van der Waals surface area contributed by atoms with Crippen LogP contribution in [0.4, 0.5) is 15.3 Å². The summed E-state index contributed by atoms with van der Waals surface area (Å²) in [5, 5.41) is 34.0. The molecule has 3 amide bonds. The highest BCUT2D eigenvalue weighted by Crippen LogP contribution is 2.51. The lowest BCUT2D eigenvalue weighted by Crippen LogP contribution is -2.48. The van der Waals surface area contributed by atoms with Crippen molar-refractivity contribution < 1.29 is 48.8 Å². The molecule has 3 aliphatic rings. The Kier molecular flexibility index (Phi) is 8.59. The summed E-state index contributed by atoms with van der Waals surface area (Å²) in [6, 6.07) is 20.2. The van der Waals surface area contributed by atoms with Crippen LogP contribution >= 0.6 is 0 Å². The van der Waals surface area contributed by atoms with Gasteiger partial charge in [-0.2, -0.15) is 5.01 Å². The van der Waals surface area contributed by atoms with Gasteiger partial charge in [-0.3, -0.25) is 14.4 Å². The zero-order valence-corrected chi connectivity index (χ0v) is 25.4. The second-order valence-corrected chi connectivity index (χ2v) is 11.8. The van der Waals surface area contributed by atoms with E-state index in [9.17, 15) is 39.3 Å². The Morgan fingerprint density at radius 1 is 0.854 bits per heavy atom. The Morgan fingerprint density at radius 3 is 2.10 bits per heavy atom. The van der Waals surface area contributed by atoms with Gasteiger partial charge >= 0.3 is 12.2 Å². The summed E-state index contributed by atoms with van der Waals surface area (Å²) in [5.41, 5.74) is 8.38. The SMILES string of the molecule is NC(=O)C1=C(O)C2C(=O)C3=C(O)c4c(O)ccc(N(NC(=O)OCc5ccccc5)C(=O)OCc5ccccc5)c4CC3CC2CC1=O. The number of carbonyl (C=O) groups is 5. The van der Waals surface area contributed by atoms with Crippen LogP contribution in [0.25, 0.3) is 5.76 Å². The van der Waals surface area contributed by atoms with E-state index in [1.807, 2.05) is 0 Å². The molecule has 0 spiro atoms. The fraction of sp³-hybridized carbons (Fsp3) is 0.229. The molecule has 13 heteroatoms. The molecule has 0 radical (unpaired) electrons. The minimum Gasteiger partial charge on any atom is -0.511 e. The first kappa shape index (κ1) is 31.9. The molecule has 3 atom stereocenters. The number of Topliss-reactive ketones (excluding diaryl/α,β-unsaturated/α-hetero) is 2. The molecule has 3 aliphatic carbocycles. The second kappa shape index (κ2) is 12.9. The molecule has 3 aromatic carbocycles. The Labute approximate surface area is 273 Å². The molecular weight excluding hydrogens is 622 g/mol. The molecule has 3 unspecified atom stereocenters. The number of nitrogens with two attached hydrogens (primary N) is 1. The monoisotopic (exact) mass is 653 g/mol. The molecule has 6 rings (SSSR count). The van der Waals surface area contributed by atoms with Gasteiger partial charge in [-0.25, -0.2) is 15.0 Å². The minimum atomic E-state index is -1.28. The summed E-state index contributed by atoms with van der Waals surface area (Å²) in [4.78, 5) is 64.9. The molecule has 0 aromatic heterocycles. The molecule has 13 nitrogen and oxygen atoms in total. The third kappa shape index (κ3) is 5.93.